The number of amides is 3. The van der Waals surface area contributed by atoms with E-state index in [2.05, 4.69) is 5.32 Å². The number of benzene rings is 3. The maximum Gasteiger partial charge on any atom is 0.288 e. The van der Waals surface area contributed by atoms with Crippen molar-refractivity contribution in [3.05, 3.63) is 100 Å². The zero-order valence-electron chi connectivity index (χ0n) is 24.5. The Morgan fingerprint density at radius 2 is 1.58 bits per heavy atom. The van der Waals surface area contributed by atoms with Crippen molar-refractivity contribution >= 4 is 56.5 Å². The van der Waals surface area contributed by atoms with Crippen molar-refractivity contribution in [1.82, 2.24) is 10.2 Å². The van der Waals surface area contributed by atoms with Crippen molar-refractivity contribution in [2.75, 3.05) is 6.54 Å². The first kappa shape index (κ1) is 32.7. The van der Waals surface area contributed by atoms with Gasteiger partial charge in [0.05, 0.1) is 26.5 Å². The van der Waals surface area contributed by atoms with E-state index in [1.807, 2.05) is 6.07 Å². The van der Waals surface area contributed by atoms with Gasteiger partial charge in [0, 0.05) is 18.1 Å². The van der Waals surface area contributed by atoms with E-state index in [0.29, 0.717) is 23.4 Å². The summed E-state index contributed by atoms with van der Waals surface area (Å²) in [4.78, 5) is 56.4. The van der Waals surface area contributed by atoms with E-state index in [9.17, 15) is 27.6 Å². The number of hydrogen-bond donors (Lipinski definition) is 2. The number of nitrogens with zero attached hydrogens (tertiary/aromatic N) is 1. The maximum atomic E-state index is 14.6. The Hall–Kier alpha value is -3.73. The van der Waals surface area contributed by atoms with Gasteiger partial charge in [0.15, 0.2) is 9.84 Å². The molecule has 0 spiro atoms. The lowest BCUT2D eigenvalue weighted by Gasteiger charge is -2.42. The Morgan fingerprint density at radius 1 is 0.956 bits per heavy atom. The van der Waals surface area contributed by atoms with Gasteiger partial charge in [-0.05, 0) is 61.1 Å². The summed E-state index contributed by atoms with van der Waals surface area (Å²) < 4.78 is 28.1. The van der Waals surface area contributed by atoms with E-state index in [-0.39, 0.29) is 22.9 Å². The molecule has 3 atom stereocenters. The van der Waals surface area contributed by atoms with Crippen LogP contribution in [0.1, 0.15) is 43.7 Å². The summed E-state index contributed by atoms with van der Waals surface area (Å²) >= 11 is 12.4. The quantitative estimate of drug-likeness (QED) is 0.292. The molecule has 1 aliphatic carbocycles. The molecule has 3 amide bonds. The minimum Gasteiger partial charge on any atom is -0.368 e. The van der Waals surface area contributed by atoms with Gasteiger partial charge in [-0.15, -0.1) is 0 Å². The number of Topliss-reactive ketones (excluding diaryl/α,β-unsaturated/α-hetero) is 1. The second-order valence-corrected chi connectivity index (χ2v) is 14.6. The van der Waals surface area contributed by atoms with Crippen LogP contribution in [0.5, 0.6) is 0 Å². The van der Waals surface area contributed by atoms with Crippen LogP contribution in [0.2, 0.25) is 10.0 Å². The molecule has 2 fully saturated rings. The van der Waals surface area contributed by atoms with Crippen LogP contribution in [-0.2, 0) is 41.0 Å². The number of nitrogens with one attached hydrogen (secondary N) is 1. The molecule has 1 saturated carbocycles. The van der Waals surface area contributed by atoms with Crippen molar-refractivity contribution in [3.8, 4) is 0 Å². The highest BCUT2D eigenvalue weighted by molar-refractivity contribution is 7.92. The predicted molar refractivity (Wildman–Crippen MR) is 170 cm³/mol. The van der Waals surface area contributed by atoms with Gasteiger partial charge >= 0.3 is 0 Å². The molecule has 12 heteroatoms. The van der Waals surface area contributed by atoms with Gasteiger partial charge in [-0.1, -0.05) is 84.7 Å². The first-order valence-corrected chi connectivity index (χ1v) is 16.9. The first-order valence-electron chi connectivity index (χ1n) is 14.6. The molecule has 9 nitrogen and oxygen atoms in total. The van der Waals surface area contributed by atoms with Gasteiger partial charge in [-0.2, -0.15) is 0 Å². The number of sulfone groups is 1. The highest BCUT2D eigenvalue weighted by atomic mass is 35.5. The molecule has 5 rings (SSSR count). The Kier molecular flexibility index (Phi) is 9.13. The number of rotatable bonds is 11. The maximum absolute atomic E-state index is 14.6. The van der Waals surface area contributed by atoms with Gasteiger partial charge in [-0.3, -0.25) is 19.2 Å². The van der Waals surface area contributed by atoms with Crippen LogP contribution in [0.25, 0.3) is 0 Å². The molecule has 236 valence electrons. The number of primary amides is 1. The molecule has 0 radical (unpaired) electrons. The van der Waals surface area contributed by atoms with Crippen LogP contribution < -0.4 is 11.1 Å². The number of nitrogens with two attached hydrogens (primary N) is 1. The Balaban J connectivity index is 1.57. The summed E-state index contributed by atoms with van der Waals surface area (Å²) in [6.07, 6.45) is 0.331. The highest BCUT2D eigenvalue weighted by Crippen LogP contribution is 2.53. The number of hydrogen-bond acceptors (Lipinski definition) is 6. The molecular weight excluding hydrogens is 637 g/mol. The molecule has 0 bridgehead atoms. The Morgan fingerprint density at radius 3 is 2.16 bits per heavy atom. The van der Waals surface area contributed by atoms with Crippen molar-refractivity contribution in [2.24, 2.45) is 11.7 Å². The minimum absolute atomic E-state index is 0.0183. The zero-order valence-corrected chi connectivity index (χ0v) is 26.9. The van der Waals surface area contributed by atoms with Crippen LogP contribution in [0.15, 0.2) is 83.8 Å². The zero-order chi connectivity index (χ0) is 32.6. The fraction of sp³-hybridized carbons (Fsp3) is 0.333. The average Bonchev–Trinajstić information content (AvgIpc) is 3.74. The smallest absolute Gasteiger partial charge is 0.288 e. The molecule has 1 saturated heterocycles. The van der Waals surface area contributed by atoms with E-state index in [1.165, 1.54) is 18.2 Å². The lowest BCUT2D eigenvalue weighted by atomic mass is 9.75. The summed E-state index contributed by atoms with van der Waals surface area (Å²) in [6.45, 7) is 1.24. The topological polar surface area (TPSA) is 144 Å². The molecule has 3 N–H and O–H groups in total. The normalized spacial score (nSPS) is 21.1. The average molecular weight is 671 g/mol. The Labute approximate surface area is 272 Å². The van der Waals surface area contributed by atoms with Gasteiger partial charge in [0.25, 0.3) is 5.91 Å². The van der Waals surface area contributed by atoms with Crippen LogP contribution in [0.3, 0.4) is 0 Å². The molecule has 2 aliphatic rings. The van der Waals surface area contributed by atoms with Crippen molar-refractivity contribution < 1.29 is 27.6 Å². The molecule has 1 aliphatic heterocycles. The third-order valence-corrected chi connectivity index (χ3v) is 11.9. The van der Waals surface area contributed by atoms with Gasteiger partial charge in [-0.25, -0.2) is 8.42 Å². The van der Waals surface area contributed by atoms with E-state index in [1.54, 1.807) is 61.5 Å². The van der Waals surface area contributed by atoms with Crippen LogP contribution in [0, 0.1) is 5.92 Å². The number of carbonyl (C=O) groups excluding carboxylic acids is 4. The summed E-state index contributed by atoms with van der Waals surface area (Å²) in [7, 11) is -4.23. The second kappa shape index (κ2) is 12.6. The van der Waals surface area contributed by atoms with Crippen molar-refractivity contribution in [1.29, 1.82) is 0 Å². The molecule has 0 aromatic heterocycles. The fourth-order valence-corrected chi connectivity index (χ4v) is 8.86. The summed E-state index contributed by atoms with van der Waals surface area (Å²) in [6, 6.07) is 21.6. The Bertz CT molecular complexity index is 1750. The van der Waals surface area contributed by atoms with E-state index in [0.717, 1.165) is 10.5 Å². The third-order valence-electron chi connectivity index (χ3n) is 9.04. The van der Waals surface area contributed by atoms with Crippen molar-refractivity contribution in [2.45, 2.75) is 60.3 Å². The predicted octanol–water partition coefficient (Wildman–Crippen LogP) is 4.24. The van der Waals surface area contributed by atoms with Crippen LogP contribution >= 0.6 is 23.2 Å². The number of halogens is 2. The molecule has 2 unspecified atom stereocenters. The van der Waals surface area contributed by atoms with Crippen molar-refractivity contribution in [3.63, 3.8) is 0 Å². The molecule has 3 aromatic rings. The summed E-state index contributed by atoms with van der Waals surface area (Å²) in [5, 5.41) is 1.72. The minimum atomic E-state index is -4.23. The number of ketones is 1. The SMILES string of the molecule is CC[C@H](C(=O)C(=O)NCc1ccccc1)C1(C(N)=O)CC(S(=O)(=O)c2ccccc2Cl)CN1C(=O)C1(c2ccc(Cl)cc2)CC1. The molecule has 45 heavy (non-hydrogen) atoms. The third kappa shape index (κ3) is 5.87. The second-order valence-electron chi connectivity index (χ2n) is 11.6. The van der Waals surface area contributed by atoms with Gasteiger partial charge in [0.2, 0.25) is 17.6 Å². The molecule has 1 heterocycles. The van der Waals surface area contributed by atoms with E-state index in [4.69, 9.17) is 28.9 Å². The lowest BCUT2D eigenvalue weighted by molar-refractivity contribution is -0.154. The summed E-state index contributed by atoms with van der Waals surface area (Å²) in [5.41, 5.74) is 4.31. The number of carbonyl (C=O) groups is 4. The standard InChI is InChI=1S/C33H33Cl2N3O6S/c1-2-25(28(39)29(40)37-19-21-8-4-3-5-9-21)33(30(36)41)18-24(45(43,44)27-11-7-6-10-26(27)35)20-38(33)31(42)32(16-17-32)22-12-14-23(34)15-13-22/h3-15,24-25H,2,16-20H2,1H3,(H2,36,41)(H,37,40)/t24?,25-,33?/m1/s1. The summed E-state index contributed by atoms with van der Waals surface area (Å²) in [5.74, 6) is -4.93. The fourth-order valence-electron chi connectivity index (χ4n) is 6.49. The van der Waals surface area contributed by atoms with E-state index >= 15 is 0 Å². The van der Waals surface area contributed by atoms with Crippen LogP contribution in [0.4, 0.5) is 0 Å². The van der Waals surface area contributed by atoms with Gasteiger partial charge < -0.3 is 16.0 Å². The molecular formula is C33H33Cl2N3O6S. The first-order chi connectivity index (χ1) is 21.4. The number of likely N-dealkylation sites (tertiary alicyclic amines) is 1. The molecule has 3 aromatic carbocycles. The van der Waals surface area contributed by atoms with Crippen LogP contribution in [-0.4, -0.2) is 54.2 Å². The largest absolute Gasteiger partial charge is 0.368 e. The van der Waals surface area contributed by atoms with E-state index < -0.39 is 68.4 Å². The van der Waals surface area contributed by atoms with Gasteiger partial charge in [0.1, 0.15) is 5.54 Å². The monoisotopic (exact) mass is 669 g/mol. The lowest BCUT2D eigenvalue weighted by Crippen LogP contribution is -2.64. The highest BCUT2D eigenvalue weighted by Gasteiger charge is 2.65.